The number of azo groups is 3. The Kier molecular flexibility index (Phi) is 7.10. The highest BCUT2D eigenvalue weighted by atomic mass is 32.1. The second kappa shape index (κ2) is 10.7. The SMILES string of the molecule is Cc1cc(/N=N/c2ccc(N3CCCC3)s2)ccc1/N=N/c1ccc(/N=N/c2nccs2)c(C)c1. The van der Waals surface area contributed by atoms with Crippen molar-refractivity contribution in [1.29, 1.82) is 0 Å². The van der Waals surface area contributed by atoms with E-state index in [0.29, 0.717) is 5.13 Å². The predicted octanol–water partition coefficient (Wildman–Crippen LogP) is 9.67. The summed E-state index contributed by atoms with van der Waals surface area (Å²) in [5.74, 6) is 0. The van der Waals surface area contributed by atoms with E-state index in [4.69, 9.17) is 0 Å². The van der Waals surface area contributed by atoms with Gasteiger partial charge in [0.2, 0.25) is 5.13 Å². The largest absolute Gasteiger partial charge is 0.363 e. The van der Waals surface area contributed by atoms with Crippen LogP contribution in [0.5, 0.6) is 0 Å². The number of thiophene rings is 1. The maximum absolute atomic E-state index is 4.43. The van der Waals surface area contributed by atoms with Crippen LogP contribution < -0.4 is 4.90 Å². The van der Waals surface area contributed by atoms with Crippen molar-refractivity contribution in [3.63, 3.8) is 0 Å². The molecule has 176 valence electrons. The number of benzene rings is 2. The van der Waals surface area contributed by atoms with E-state index >= 15 is 0 Å². The molecule has 0 unspecified atom stereocenters. The van der Waals surface area contributed by atoms with Crippen LogP contribution in [-0.4, -0.2) is 18.1 Å². The van der Waals surface area contributed by atoms with E-state index in [-0.39, 0.29) is 0 Å². The molecule has 2 aromatic carbocycles. The molecule has 1 saturated heterocycles. The van der Waals surface area contributed by atoms with Gasteiger partial charge in [0.25, 0.3) is 0 Å². The van der Waals surface area contributed by atoms with E-state index in [9.17, 15) is 0 Å². The third-order valence-corrected chi connectivity index (χ3v) is 7.24. The topological polar surface area (TPSA) is 90.3 Å². The van der Waals surface area contributed by atoms with Gasteiger partial charge in [-0.05, 0) is 86.3 Å². The second-order valence-electron chi connectivity index (χ2n) is 8.16. The summed E-state index contributed by atoms with van der Waals surface area (Å²) in [5, 5.41) is 30.8. The first-order chi connectivity index (χ1) is 17.1. The molecule has 4 aromatic rings. The summed E-state index contributed by atoms with van der Waals surface area (Å²) < 4.78 is 0. The molecule has 2 aromatic heterocycles. The number of aromatic nitrogens is 1. The first kappa shape index (κ1) is 23.1. The van der Waals surface area contributed by atoms with E-state index < -0.39 is 0 Å². The molecule has 0 aliphatic carbocycles. The molecule has 0 radical (unpaired) electrons. The minimum atomic E-state index is 0.633. The van der Waals surface area contributed by atoms with Crippen LogP contribution in [-0.2, 0) is 0 Å². The number of rotatable bonds is 7. The van der Waals surface area contributed by atoms with Crippen LogP contribution in [0.15, 0.2) is 90.8 Å². The fourth-order valence-corrected chi connectivity index (χ4v) is 5.02. The Labute approximate surface area is 211 Å². The van der Waals surface area contributed by atoms with Crippen LogP contribution in [0, 0.1) is 13.8 Å². The summed E-state index contributed by atoms with van der Waals surface area (Å²) in [6.45, 7) is 6.24. The zero-order valence-corrected chi connectivity index (χ0v) is 21.1. The highest BCUT2D eigenvalue weighted by molar-refractivity contribution is 7.19. The Balaban J connectivity index is 1.23. The molecular formula is C25H24N8S2. The minimum absolute atomic E-state index is 0.633. The van der Waals surface area contributed by atoms with E-state index in [0.717, 1.165) is 52.0 Å². The number of aryl methyl sites for hydroxylation is 2. The third-order valence-electron chi connectivity index (χ3n) is 5.56. The molecule has 0 atom stereocenters. The molecule has 1 aliphatic rings. The first-order valence-corrected chi connectivity index (χ1v) is 13.0. The van der Waals surface area contributed by atoms with E-state index in [2.05, 4.69) is 46.6 Å². The van der Waals surface area contributed by atoms with Gasteiger partial charge in [-0.25, -0.2) is 4.98 Å². The number of anilines is 1. The molecule has 0 N–H and O–H groups in total. The molecule has 3 heterocycles. The lowest BCUT2D eigenvalue weighted by Crippen LogP contribution is -2.15. The van der Waals surface area contributed by atoms with Crippen molar-refractivity contribution in [3.05, 3.63) is 71.2 Å². The zero-order valence-electron chi connectivity index (χ0n) is 19.5. The summed E-state index contributed by atoms with van der Waals surface area (Å²) in [4.78, 5) is 6.52. The minimum Gasteiger partial charge on any atom is -0.363 e. The Bertz CT molecular complexity index is 1380. The highest BCUT2D eigenvalue weighted by Gasteiger charge is 2.14. The molecule has 10 heteroatoms. The molecule has 0 saturated carbocycles. The van der Waals surface area contributed by atoms with Crippen molar-refractivity contribution in [3.8, 4) is 0 Å². The summed E-state index contributed by atoms with van der Waals surface area (Å²) >= 11 is 3.13. The lowest BCUT2D eigenvalue weighted by molar-refractivity contribution is 0.949. The van der Waals surface area contributed by atoms with Crippen LogP contribution in [0.25, 0.3) is 0 Å². The van der Waals surface area contributed by atoms with Crippen molar-refractivity contribution < 1.29 is 0 Å². The van der Waals surface area contributed by atoms with Crippen LogP contribution in [0.4, 0.5) is 37.9 Å². The van der Waals surface area contributed by atoms with Crippen LogP contribution in [0.2, 0.25) is 0 Å². The summed E-state index contributed by atoms with van der Waals surface area (Å²) in [7, 11) is 0. The van der Waals surface area contributed by atoms with Gasteiger partial charge in [0.1, 0.15) is 5.00 Å². The van der Waals surface area contributed by atoms with Gasteiger partial charge in [-0.1, -0.05) is 11.3 Å². The van der Waals surface area contributed by atoms with Gasteiger partial charge in [0, 0.05) is 24.7 Å². The summed E-state index contributed by atoms with van der Waals surface area (Å²) in [5.41, 5.74) is 5.08. The summed E-state index contributed by atoms with van der Waals surface area (Å²) in [6.07, 6.45) is 4.24. The average molecular weight is 501 g/mol. The fourth-order valence-electron chi connectivity index (χ4n) is 3.69. The number of hydrogen-bond donors (Lipinski definition) is 0. The predicted molar refractivity (Wildman–Crippen MR) is 143 cm³/mol. The average Bonchev–Trinajstić information content (AvgIpc) is 3.64. The van der Waals surface area contributed by atoms with Crippen molar-refractivity contribution in [2.45, 2.75) is 26.7 Å². The third kappa shape index (κ3) is 5.90. The number of thiazole rings is 1. The lowest BCUT2D eigenvalue weighted by atomic mass is 10.2. The smallest absolute Gasteiger partial charge is 0.229 e. The monoisotopic (exact) mass is 500 g/mol. The Morgan fingerprint density at radius 2 is 1.40 bits per heavy atom. The molecule has 0 spiro atoms. The van der Waals surface area contributed by atoms with E-state index in [1.807, 2.05) is 61.7 Å². The number of nitrogens with zero attached hydrogens (tertiary/aromatic N) is 8. The quantitative estimate of drug-likeness (QED) is 0.236. The zero-order chi connectivity index (χ0) is 24.0. The van der Waals surface area contributed by atoms with Crippen LogP contribution in [0.3, 0.4) is 0 Å². The normalized spacial score (nSPS) is 14.3. The Morgan fingerprint density at radius 1 is 0.743 bits per heavy atom. The molecule has 35 heavy (non-hydrogen) atoms. The van der Waals surface area contributed by atoms with Crippen molar-refractivity contribution in [2.75, 3.05) is 18.0 Å². The molecule has 1 aliphatic heterocycles. The van der Waals surface area contributed by atoms with Gasteiger partial charge >= 0.3 is 0 Å². The van der Waals surface area contributed by atoms with Gasteiger partial charge < -0.3 is 4.90 Å². The molecule has 8 nitrogen and oxygen atoms in total. The molecule has 0 bridgehead atoms. The van der Waals surface area contributed by atoms with Crippen molar-refractivity contribution in [2.24, 2.45) is 30.7 Å². The lowest BCUT2D eigenvalue weighted by Gasteiger charge is -2.13. The molecule has 5 rings (SSSR count). The van der Waals surface area contributed by atoms with Gasteiger partial charge in [-0.2, -0.15) is 10.2 Å². The highest BCUT2D eigenvalue weighted by Crippen LogP contribution is 2.35. The standard InChI is InChI=1S/C25H24N8S2/c1-17-16-20(28-31-23-9-10-24(35-23)33-12-3-4-13-33)6-7-21(17)29-27-19-5-8-22(18(2)15-19)30-32-25-26-11-14-34-25/h5-11,14-16H,3-4,12-13H2,1-2H3/b29-27+,31-28+,32-30+. The van der Waals surface area contributed by atoms with E-state index in [1.165, 1.54) is 29.2 Å². The maximum atomic E-state index is 4.43. The fraction of sp³-hybridized carbons (Fsp3) is 0.240. The number of hydrogen-bond acceptors (Lipinski definition) is 10. The molecule has 0 amide bonds. The summed E-state index contributed by atoms with van der Waals surface area (Å²) in [6, 6.07) is 15.7. The Morgan fingerprint density at radius 3 is 2.03 bits per heavy atom. The van der Waals surface area contributed by atoms with Crippen LogP contribution >= 0.6 is 22.7 Å². The maximum Gasteiger partial charge on any atom is 0.229 e. The van der Waals surface area contributed by atoms with Crippen molar-refractivity contribution in [1.82, 2.24) is 4.98 Å². The van der Waals surface area contributed by atoms with Gasteiger partial charge in [0.15, 0.2) is 0 Å². The van der Waals surface area contributed by atoms with Gasteiger partial charge in [-0.15, -0.1) is 31.8 Å². The second-order valence-corrected chi connectivity index (χ2v) is 10.1. The van der Waals surface area contributed by atoms with Gasteiger partial charge in [-0.3, -0.25) is 0 Å². The van der Waals surface area contributed by atoms with Crippen LogP contribution in [0.1, 0.15) is 24.0 Å². The Hall–Kier alpha value is -3.63. The van der Waals surface area contributed by atoms with E-state index in [1.54, 1.807) is 17.5 Å². The van der Waals surface area contributed by atoms with Gasteiger partial charge in [0.05, 0.1) is 27.8 Å². The molecular weight excluding hydrogens is 476 g/mol. The van der Waals surface area contributed by atoms with Crippen molar-refractivity contribution >= 4 is 60.6 Å². The first-order valence-electron chi connectivity index (χ1n) is 11.3. The molecule has 1 fully saturated rings.